The minimum atomic E-state index is -1.31. The number of nitriles is 2. The van der Waals surface area contributed by atoms with Gasteiger partial charge in [0.15, 0.2) is 6.10 Å². The first-order valence-electron chi connectivity index (χ1n) is 4.39. The van der Waals surface area contributed by atoms with Gasteiger partial charge in [0, 0.05) is 0 Å². The summed E-state index contributed by atoms with van der Waals surface area (Å²) in [5.41, 5.74) is 0.720. The van der Waals surface area contributed by atoms with Crippen molar-refractivity contribution in [3.8, 4) is 12.1 Å². The summed E-state index contributed by atoms with van der Waals surface area (Å²) in [5.74, 6) is -1.13. The summed E-state index contributed by atoms with van der Waals surface area (Å²) in [6.07, 6.45) is -1.06. The van der Waals surface area contributed by atoms with Gasteiger partial charge in [0.25, 0.3) is 0 Å². The van der Waals surface area contributed by atoms with Crippen molar-refractivity contribution in [3.05, 3.63) is 35.6 Å². The molecule has 15 heavy (non-hydrogen) atoms. The van der Waals surface area contributed by atoms with Crippen LogP contribution in [0.4, 0.5) is 4.39 Å². The van der Waals surface area contributed by atoms with Crippen LogP contribution in [0.25, 0.3) is 0 Å². The summed E-state index contributed by atoms with van der Waals surface area (Å²) in [5, 5.41) is 26.3. The molecule has 4 heteroatoms. The molecule has 0 aromatic heterocycles. The van der Waals surface area contributed by atoms with Crippen LogP contribution in [0.5, 0.6) is 0 Å². The molecule has 0 unspecified atom stereocenters. The highest BCUT2D eigenvalue weighted by Gasteiger charge is 2.18. The fraction of sp³-hybridized carbons (Fsp3) is 0.273. The lowest BCUT2D eigenvalue weighted by molar-refractivity contribution is 0.187. The summed E-state index contributed by atoms with van der Waals surface area (Å²) < 4.78 is 12.6. The Labute approximate surface area is 87.0 Å². The van der Waals surface area contributed by atoms with Crippen LogP contribution in [0.2, 0.25) is 0 Å². The fourth-order valence-corrected chi connectivity index (χ4v) is 1.19. The largest absolute Gasteiger partial charge is 0.377 e. The van der Waals surface area contributed by atoms with Crippen molar-refractivity contribution < 1.29 is 9.50 Å². The Bertz CT molecular complexity index is 402. The molecule has 0 heterocycles. The van der Waals surface area contributed by atoms with E-state index < -0.39 is 12.0 Å². The van der Waals surface area contributed by atoms with Gasteiger partial charge in [-0.3, -0.25) is 0 Å². The molecule has 0 spiro atoms. The van der Waals surface area contributed by atoms with Gasteiger partial charge in [-0.2, -0.15) is 10.5 Å². The topological polar surface area (TPSA) is 67.8 Å². The zero-order chi connectivity index (χ0) is 11.3. The first kappa shape index (κ1) is 11.2. The van der Waals surface area contributed by atoms with Gasteiger partial charge >= 0.3 is 0 Å². The molecule has 0 saturated carbocycles. The molecule has 1 rings (SSSR count). The molecule has 0 aliphatic rings. The molecule has 1 aromatic carbocycles. The van der Waals surface area contributed by atoms with E-state index in [-0.39, 0.29) is 12.2 Å². The Balaban J connectivity index is 2.73. The van der Waals surface area contributed by atoms with Crippen LogP contribution in [0, 0.1) is 34.4 Å². The van der Waals surface area contributed by atoms with Crippen LogP contribution in [0.15, 0.2) is 24.3 Å². The second-order valence-corrected chi connectivity index (χ2v) is 3.14. The Morgan fingerprint density at radius 2 is 1.80 bits per heavy atom. The number of hydrogen-bond acceptors (Lipinski definition) is 3. The number of hydrogen-bond donors (Lipinski definition) is 1. The van der Waals surface area contributed by atoms with Crippen molar-refractivity contribution in [1.82, 2.24) is 0 Å². The molecule has 76 valence electrons. The fourth-order valence-electron chi connectivity index (χ4n) is 1.19. The maximum absolute atomic E-state index is 12.6. The van der Waals surface area contributed by atoms with Crippen molar-refractivity contribution in [2.75, 3.05) is 0 Å². The first-order chi connectivity index (χ1) is 7.17. The third-order valence-electron chi connectivity index (χ3n) is 2.05. The van der Waals surface area contributed by atoms with Crippen LogP contribution in [0.1, 0.15) is 5.56 Å². The predicted octanol–water partition coefficient (Wildman–Crippen LogP) is 1.39. The van der Waals surface area contributed by atoms with Crippen molar-refractivity contribution in [1.29, 1.82) is 10.5 Å². The smallest absolute Gasteiger partial charge is 0.156 e. The normalized spacial score (nSPS) is 13.6. The molecule has 0 fully saturated rings. The van der Waals surface area contributed by atoms with Gasteiger partial charge in [-0.05, 0) is 24.1 Å². The van der Waals surface area contributed by atoms with E-state index in [1.807, 2.05) is 6.07 Å². The maximum atomic E-state index is 12.6. The van der Waals surface area contributed by atoms with E-state index in [4.69, 9.17) is 10.5 Å². The third-order valence-corrected chi connectivity index (χ3v) is 2.05. The number of benzene rings is 1. The minimum absolute atomic E-state index is 0.242. The molecule has 1 aromatic rings. The van der Waals surface area contributed by atoms with Crippen LogP contribution in [-0.2, 0) is 6.42 Å². The molecule has 0 radical (unpaired) electrons. The molecule has 0 saturated heterocycles. The summed E-state index contributed by atoms with van der Waals surface area (Å²) >= 11 is 0. The molecule has 0 bridgehead atoms. The summed E-state index contributed by atoms with van der Waals surface area (Å²) in [4.78, 5) is 0. The van der Waals surface area contributed by atoms with Gasteiger partial charge in [0.1, 0.15) is 5.82 Å². The monoisotopic (exact) mass is 204 g/mol. The van der Waals surface area contributed by atoms with E-state index in [9.17, 15) is 9.50 Å². The summed E-state index contributed by atoms with van der Waals surface area (Å²) in [7, 11) is 0. The van der Waals surface area contributed by atoms with Crippen molar-refractivity contribution in [2.24, 2.45) is 5.92 Å². The standard InChI is InChI=1S/C11H9FN2O/c12-10-3-1-8(2-4-10)5-9(6-13)11(15)7-14/h1-4,9,11,15H,5H2/t9-,11-/m1/s1. The quantitative estimate of drug-likeness (QED) is 0.756. The van der Waals surface area contributed by atoms with Gasteiger partial charge in [0.2, 0.25) is 0 Å². The van der Waals surface area contributed by atoms with Crippen LogP contribution in [-0.4, -0.2) is 11.2 Å². The Morgan fingerprint density at radius 3 is 2.27 bits per heavy atom. The lowest BCUT2D eigenvalue weighted by atomic mass is 9.96. The van der Waals surface area contributed by atoms with Gasteiger partial charge in [-0.15, -0.1) is 0 Å². The van der Waals surface area contributed by atoms with Gasteiger partial charge in [-0.25, -0.2) is 4.39 Å². The van der Waals surface area contributed by atoms with Crippen molar-refractivity contribution in [3.63, 3.8) is 0 Å². The maximum Gasteiger partial charge on any atom is 0.156 e. The Hall–Kier alpha value is -1.91. The van der Waals surface area contributed by atoms with E-state index in [0.29, 0.717) is 0 Å². The van der Waals surface area contributed by atoms with Gasteiger partial charge in [-0.1, -0.05) is 12.1 Å². The molecule has 1 N–H and O–H groups in total. The number of rotatable bonds is 3. The number of nitrogens with zero attached hydrogens (tertiary/aromatic N) is 2. The predicted molar refractivity (Wildman–Crippen MR) is 50.8 cm³/mol. The van der Waals surface area contributed by atoms with E-state index in [0.717, 1.165) is 5.56 Å². The summed E-state index contributed by atoms with van der Waals surface area (Å²) in [6.45, 7) is 0. The highest BCUT2D eigenvalue weighted by molar-refractivity contribution is 5.19. The first-order valence-corrected chi connectivity index (χ1v) is 4.39. The Morgan fingerprint density at radius 1 is 1.20 bits per heavy atom. The van der Waals surface area contributed by atoms with Crippen molar-refractivity contribution in [2.45, 2.75) is 12.5 Å². The lowest BCUT2D eigenvalue weighted by Gasteiger charge is -2.09. The van der Waals surface area contributed by atoms with E-state index in [1.165, 1.54) is 24.3 Å². The van der Waals surface area contributed by atoms with Gasteiger partial charge in [0.05, 0.1) is 18.1 Å². The van der Waals surface area contributed by atoms with Crippen LogP contribution in [0.3, 0.4) is 0 Å². The average Bonchev–Trinajstić information content (AvgIpc) is 2.27. The second-order valence-electron chi connectivity index (χ2n) is 3.14. The van der Waals surface area contributed by atoms with Crippen molar-refractivity contribution >= 4 is 0 Å². The van der Waals surface area contributed by atoms with Gasteiger partial charge < -0.3 is 5.11 Å². The number of aliphatic hydroxyl groups is 1. The molecular weight excluding hydrogens is 195 g/mol. The molecule has 3 nitrogen and oxygen atoms in total. The molecule has 0 amide bonds. The Kier molecular flexibility index (Phi) is 3.79. The van der Waals surface area contributed by atoms with E-state index >= 15 is 0 Å². The minimum Gasteiger partial charge on any atom is -0.377 e. The molecule has 0 aliphatic carbocycles. The molecule has 0 aliphatic heterocycles. The van der Waals surface area contributed by atoms with Crippen LogP contribution >= 0.6 is 0 Å². The zero-order valence-corrected chi connectivity index (χ0v) is 7.89. The third kappa shape index (κ3) is 3.05. The highest BCUT2D eigenvalue weighted by Crippen LogP contribution is 2.12. The van der Waals surface area contributed by atoms with Crippen LogP contribution < -0.4 is 0 Å². The van der Waals surface area contributed by atoms with E-state index in [2.05, 4.69) is 0 Å². The van der Waals surface area contributed by atoms with E-state index in [1.54, 1.807) is 6.07 Å². The number of halogens is 1. The molecular formula is C11H9FN2O. The molecule has 2 atom stereocenters. The average molecular weight is 204 g/mol. The summed E-state index contributed by atoms with van der Waals surface area (Å²) in [6, 6.07) is 9.08. The highest BCUT2D eigenvalue weighted by atomic mass is 19.1. The zero-order valence-electron chi connectivity index (χ0n) is 7.89. The SMILES string of the molecule is N#C[C@@H](O)[C@@H](C#N)Cc1ccc(F)cc1. The number of aliphatic hydroxyl groups excluding tert-OH is 1. The lowest BCUT2D eigenvalue weighted by Crippen LogP contribution is -2.19. The second kappa shape index (κ2) is 5.09.